The van der Waals surface area contributed by atoms with Crippen molar-refractivity contribution in [3.63, 3.8) is 0 Å². The van der Waals surface area contributed by atoms with E-state index in [1.165, 1.54) is 0 Å². The van der Waals surface area contributed by atoms with E-state index < -0.39 is 0 Å². The minimum absolute atomic E-state index is 0. The summed E-state index contributed by atoms with van der Waals surface area (Å²) in [5, 5.41) is 13.4. The Morgan fingerprint density at radius 3 is 2.59 bits per heavy atom. The molecule has 0 amide bonds. The lowest BCUT2D eigenvalue weighted by Crippen LogP contribution is -2.52. The summed E-state index contributed by atoms with van der Waals surface area (Å²) in [5.41, 5.74) is 1.16. The molecule has 2 N–H and O–H groups in total. The molecule has 0 bridgehead atoms. The second-order valence-electron chi connectivity index (χ2n) is 7.10. The Kier molecular flexibility index (Phi) is 8.95. The molecule has 2 fully saturated rings. The highest BCUT2D eigenvalue weighted by Crippen LogP contribution is 2.28. The number of aliphatic imine (C=N–C) groups is 1. The van der Waals surface area contributed by atoms with Crippen LogP contribution in [0.2, 0.25) is 0 Å². The van der Waals surface area contributed by atoms with Gasteiger partial charge in [-0.15, -0.1) is 24.0 Å². The van der Waals surface area contributed by atoms with Gasteiger partial charge in [-0.2, -0.15) is 0 Å². The fraction of sp³-hybridized carbons (Fsp3) is 0.650. The number of nitrogens with zero attached hydrogens (tertiary/aromatic N) is 3. The highest BCUT2D eigenvalue weighted by atomic mass is 127. The number of guanidine groups is 1. The van der Waals surface area contributed by atoms with Crippen LogP contribution in [-0.4, -0.2) is 68.4 Å². The maximum Gasteiger partial charge on any atom is 0.194 e. The van der Waals surface area contributed by atoms with E-state index in [1.54, 1.807) is 7.11 Å². The highest BCUT2D eigenvalue weighted by molar-refractivity contribution is 14.0. The van der Waals surface area contributed by atoms with Gasteiger partial charge in [0.25, 0.3) is 0 Å². The van der Waals surface area contributed by atoms with Gasteiger partial charge in [0, 0.05) is 45.2 Å². The van der Waals surface area contributed by atoms with E-state index in [0.29, 0.717) is 5.92 Å². The first kappa shape index (κ1) is 22.1. The number of methoxy groups -OCH3 is 1. The summed E-state index contributed by atoms with van der Waals surface area (Å²) in [5.74, 6) is 2.22. The van der Waals surface area contributed by atoms with Gasteiger partial charge in [0.15, 0.2) is 5.96 Å². The fourth-order valence-corrected chi connectivity index (χ4v) is 3.91. The first-order valence-corrected chi connectivity index (χ1v) is 9.82. The second-order valence-corrected chi connectivity index (χ2v) is 7.10. The first-order chi connectivity index (χ1) is 12.7. The third-order valence-corrected chi connectivity index (χ3v) is 5.43. The third kappa shape index (κ3) is 5.63. The highest BCUT2D eigenvalue weighted by Gasteiger charge is 2.26. The van der Waals surface area contributed by atoms with Crippen molar-refractivity contribution in [1.29, 1.82) is 0 Å². The van der Waals surface area contributed by atoms with E-state index in [1.807, 2.05) is 12.1 Å². The van der Waals surface area contributed by atoms with Gasteiger partial charge < -0.3 is 25.0 Å². The van der Waals surface area contributed by atoms with Crippen LogP contribution in [0.3, 0.4) is 0 Å². The molecular weight excluding hydrogens is 455 g/mol. The Hall–Kier alpha value is -1.22. The van der Waals surface area contributed by atoms with Crippen LogP contribution in [0.1, 0.15) is 26.2 Å². The number of hydrogen-bond donors (Lipinski definition) is 2. The number of piperazine rings is 1. The predicted molar refractivity (Wildman–Crippen MR) is 122 cm³/mol. The molecule has 2 aliphatic rings. The maximum atomic E-state index is 10.0. The summed E-state index contributed by atoms with van der Waals surface area (Å²) >= 11 is 0. The fourth-order valence-electron chi connectivity index (χ4n) is 3.91. The lowest BCUT2D eigenvalue weighted by molar-refractivity contribution is 0.136. The van der Waals surface area contributed by atoms with Crippen molar-refractivity contribution in [3.8, 4) is 5.75 Å². The molecule has 3 rings (SSSR count). The Labute approximate surface area is 180 Å². The third-order valence-electron chi connectivity index (χ3n) is 5.43. The van der Waals surface area contributed by atoms with E-state index in [4.69, 9.17) is 9.73 Å². The van der Waals surface area contributed by atoms with Crippen LogP contribution >= 0.6 is 24.0 Å². The number of aliphatic hydroxyl groups excluding tert-OH is 1. The smallest absolute Gasteiger partial charge is 0.194 e. The van der Waals surface area contributed by atoms with E-state index in [2.05, 4.69) is 34.2 Å². The first-order valence-electron chi connectivity index (χ1n) is 9.82. The average Bonchev–Trinajstić information content (AvgIpc) is 3.10. The molecule has 1 heterocycles. The van der Waals surface area contributed by atoms with Crippen LogP contribution in [0.5, 0.6) is 5.75 Å². The topological polar surface area (TPSA) is 60.3 Å². The van der Waals surface area contributed by atoms with Crippen LogP contribution in [0.15, 0.2) is 29.3 Å². The molecule has 1 aromatic rings. The SMILES string of the molecule is CCNC(=NCC1CCCC1O)N1CCN(c2ccccc2OC)CC1.I. The van der Waals surface area contributed by atoms with Crippen molar-refractivity contribution in [1.82, 2.24) is 10.2 Å². The number of benzene rings is 1. The Bertz CT molecular complexity index is 605. The van der Waals surface area contributed by atoms with E-state index in [0.717, 1.165) is 75.9 Å². The van der Waals surface area contributed by atoms with E-state index in [9.17, 15) is 5.11 Å². The molecule has 7 heteroatoms. The lowest BCUT2D eigenvalue weighted by Gasteiger charge is -2.38. The van der Waals surface area contributed by atoms with Crippen molar-refractivity contribution >= 4 is 35.6 Å². The Morgan fingerprint density at radius 2 is 1.96 bits per heavy atom. The molecule has 6 nitrogen and oxygen atoms in total. The van der Waals surface area contributed by atoms with E-state index in [-0.39, 0.29) is 30.1 Å². The molecule has 152 valence electrons. The zero-order valence-corrected chi connectivity index (χ0v) is 18.8. The van der Waals surface area contributed by atoms with Crippen LogP contribution in [0, 0.1) is 5.92 Å². The predicted octanol–water partition coefficient (Wildman–Crippen LogP) is 2.56. The number of nitrogens with one attached hydrogen (secondary N) is 1. The minimum Gasteiger partial charge on any atom is -0.495 e. The maximum absolute atomic E-state index is 10.0. The summed E-state index contributed by atoms with van der Waals surface area (Å²) in [6, 6.07) is 8.20. The van der Waals surface area contributed by atoms with Crippen molar-refractivity contribution in [3.05, 3.63) is 24.3 Å². The van der Waals surface area contributed by atoms with Gasteiger partial charge in [-0.25, -0.2) is 0 Å². The molecule has 2 unspecified atom stereocenters. The molecule has 0 spiro atoms. The zero-order chi connectivity index (χ0) is 18.4. The van der Waals surface area contributed by atoms with Crippen LogP contribution < -0.4 is 15.0 Å². The number of ether oxygens (including phenoxy) is 1. The van der Waals surface area contributed by atoms with Crippen molar-refractivity contribution in [2.75, 3.05) is 51.3 Å². The van der Waals surface area contributed by atoms with Gasteiger partial charge in [-0.1, -0.05) is 18.6 Å². The van der Waals surface area contributed by atoms with Gasteiger partial charge in [-0.3, -0.25) is 4.99 Å². The molecular formula is C20H33IN4O2. The average molecular weight is 488 g/mol. The van der Waals surface area contributed by atoms with Gasteiger partial charge in [0.1, 0.15) is 5.75 Å². The molecule has 1 saturated carbocycles. The van der Waals surface area contributed by atoms with Crippen molar-refractivity contribution < 1.29 is 9.84 Å². The zero-order valence-electron chi connectivity index (χ0n) is 16.4. The lowest BCUT2D eigenvalue weighted by atomic mass is 10.1. The monoisotopic (exact) mass is 488 g/mol. The molecule has 1 aliphatic heterocycles. The summed E-state index contributed by atoms with van der Waals surface area (Å²) in [6.07, 6.45) is 2.96. The number of rotatable bonds is 5. The Balaban J connectivity index is 0.00000261. The van der Waals surface area contributed by atoms with Gasteiger partial charge >= 0.3 is 0 Å². The molecule has 2 atom stereocenters. The van der Waals surface area contributed by atoms with Crippen LogP contribution in [0.4, 0.5) is 5.69 Å². The van der Waals surface area contributed by atoms with Crippen molar-refractivity contribution in [2.24, 2.45) is 10.9 Å². The molecule has 1 aliphatic carbocycles. The second kappa shape index (κ2) is 10.9. The molecule has 0 radical (unpaired) electrons. The quantitative estimate of drug-likeness (QED) is 0.379. The number of hydrogen-bond acceptors (Lipinski definition) is 4. The minimum atomic E-state index is -0.177. The van der Waals surface area contributed by atoms with Gasteiger partial charge in [0.05, 0.1) is 18.9 Å². The number of para-hydroxylation sites is 2. The summed E-state index contributed by atoms with van der Waals surface area (Å²) in [7, 11) is 1.72. The summed E-state index contributed by atoms with van der Waals surface area (Å²) in [6.45, 7) is 7.42. The van der Waals surface area contributed by atoms with Crippen LogP contribution in [0.25, 0.3) is 0 Å². The standard InChI is InChI=1S/C20H32N4O2.HI/c1-3-21-20(22-15-16-7-6-9-18(16)25)24-13-11-23(12-14-24)17-8-4-5-10-19(17)26-2;/h4-5,8,10,16,18,25H,3,6-7,9,11-15H2,1-2H3,(H,21,22);1H. The Morgan fingerprint density at radius 1 is 1.22 bits per heavy atom. The molecule has 27 heavy (non-hydrogen) atoms. The van der Waals surface area contributed by atoms with Gasteiger partial charge in [-0.05, 0) is 31.9 Å². The van der Waals surface area contributed by atoms with Crippen LogP contribution in [-0.2, 0) is 0 Å². The molecule has 1 saturated heterocycles. The van der Waals surface area contributed by atoms with Crippen molar-refractivity contribution in [2.45, 2.75) is 32.3 Å². The number of aliphatic hydroxyl groups is 1. The summed E-state index contributed by atoms with van der Waals surface area (Å²) < 4.78 is 5.50. The van der Waals surface area contributed by atoms with E-state index >= 15 is 0 Å². The number of halogens is 1. The largest absolute Gasteiger partial charge is 0.495 e. The normalized spacial score (nSPS) is 23.1. The molecule has 0 aromatic heterocycles. The summed E-state index contributed by atoms with van der Waals surface area (Å²) in [4.78, 5) is 9.53. The molecule has 1 aromatic carbocycles. The van der Waals surface area contributed by atoms with Gasteiger partial charge in [0.2, 0.25) is 0 Å². The number of anilines is 1.